The molecule has 0 amide bonds. The fourth-order valence-electron chi connectivity index (χ4n) is 2.23. The van der Waals surface area contributed by atoms with Crippen LogP contribution in [0.3, 0.4) is 0 Å². The van der Waals surface area contributed by atoms with Crippen LogP contribution in [0.4, 0.5) is 5.69 Å². The van der Waals surface area contributed by atoms with E-state index in [-0.39, 0.29) is 24.9 Å². The van der Waals surface area contributed by atoms with Crippen LogP contribution >= 0.6 is 35.6 Å². The molecule has 0 heterocycles. The van der Waals surface area contributed by atoms with E-state index >= 15 is 0 Å². The van der Waals surface area contributed by atoms with Crippen molar-refractivity contribution in [2.75, 3.05) is 29.7 Å². The first kappa shape index (κ1) is 21.3. The average Bonchev–Trinajstić information content (AvgIpc) is 2.40. The highest BCUT2D eigenvalue weighted by Gasteiger charge is 2.13. The van der Waals surface area contributed by atoms with Crippen LogP contribution in [0, 0.1) is 6.92 Å². The minimum Gasteiger partial charge on any atom is -0.481 e. The first-order chi connectivity index (χ1) is 9.97. The molecule has 22 heavy (non-hydrogen) atoms. The number of hydrogen-bond donors (Lipinski definition) is 2. The SMILES string of the molecule is Cc1ccc(N(CCCl)CCCl)cc1CC(N)CC(=O)O.Cl. The number of hydrogen-bond acceptors (Lipinski definition) is 3. The highest BCUT2D eigenvalue weighted by molar-refractivity contribution is 6.18. The molecule has 1 unspecified atom stereocenters. The van der Waals surface area contributed by atoms with Crippen LogP contribution < -0.4 is 10.6 Å². The van der Waals surface area contributed by atoms with Crippen molar-refractivity contribution in [3.05, 3.63) is 29.3 Å². The number of anilines is 1. The molecule has 3 N–H and O–H groups in total. The second-order valence-electron chi connectivity index (χ2n) is 5.04. The molecule has 0 aliphatic carbocycles. The lowest BCUT2D eigenvalue weighted by atomic mass is 9.99. The summed E-state index contributed by atoms with van der Waals surface area (Å²) < 4.78 is 0. The van der Waals surface area contributed by atoms with Gasteiger partial charge < -0.3 is 15.7 Å². The topological polar surface area (TPSA) is 66.6 Å². The van der Waals surface area contributed by atoms with Crippen molar-refractivity contribution >= 4 is 47.3 Å². The smallest absolute Gasteiger partial charge is 0.304 e. The Labute approximate surface area is 148 Å². The van der Waals surface area contributed by atoms with Gasteiger partial charge in [-0.15, -0.1) is 35.6 Å². The van der Waals surface area contributed by atoms with E-state index < -0.39 is 5.97 Å². The molecule has 126 valence electrons. The Kier molecular flexibility index (Phi) is 10.6. The first-order valence-electron chi connectivity index (χ1n) is 6.91. The highest BCUT2D eigenvalue weighted by atomic mass is 35.5. The number of carboxylic acid groups (broad SMARTS) is 1. The number of nitrogens with zero attached hydrogens (tertiary/aromatic N) is 1. The normalized spacial score (nSPS) is 11.6. The van der Waals surface area contributed by atoms with Gasteiger partial charge in [-0.3, -0.25) is 4.79 Å². The maximum Gasteiger partial charge on any atom is 0.304 e. The number of carbonyl (C=O) groups is 1. The predicted molar refractivity (Wildman–Crippen MR) is 96.0 cm³/mol. The molecule has 1 atom stereocenters. The number of nitrogens with two attached hydrogens (primary N) is 1. The van der Waals surface area contributed by atoms with E-state index in [0.717, 1.165) is 29.9 Å². The molecule has 0 saturated heterocycles. The lowest BCUT2D eigenvalue weighted by Gasteiger charge is -2.24. The van der Waals surface area contributed by atoms with Gasteiger partial charge in [0.05, 0.1) is 6.42 Å². The Morgan fingerprint density at radius 2 is 1.91 bits per heavy atom. The third kappa shape index (κ3) is 7.05. The van der Waals surface area contributed by atoms with Crippen LogP contribution in [0.1, 0.15) is 17.5 Å². The van der Waals surface area contributed by atoms with Crippen LogP contribution in [0.25, 0.3) is 0 Å². The lowest BCUT2D eigenvalue weighted by Crippen LogP contribution is -2.29. The Morgan fingerprint density at radius 3 is 2.41 bits per heavy atom. The zero-order valence-electron chi connectivity index (χ0n) is 12.6. The van der Waals surface area contributed by atoms with Gasteiger partial charge in [0.2, 0.25) is 0 Å². The van der Waals surface area contributed by atoms with Crippen molar-refractivity contribution in [3.63, 3.8) is 0 Å². The monoisotopic (exact) mass is 368 g/mol. The van der Waals surface area contributed by atoms with Crippen molar-refractivity contribution in [2.24, 2.45) is 5.73 Å². The van der Waals surface area contributed by atoms with Crippen LogP contribution in [-0.2, 0) is 11.2 Å². The molecule has 7 heteroatoms. The summed E-state index contributed by atoms with van der Waals surface area (Å²) in [4.78, 5) is 12.8. The first-order valence-corrected chi connectivity index (χ1v) is 7.98. The number of rotatable bonds is 9. The molecular formula is C15H23Cl3N2O2. The number of halogens is 3. The van der Waals surface area contributed by atoms with Crippen molar-refractivity contribution < 1.29 is 9.90 Å². The van der Waals surface area contributed by atoms with E-state index in [1.807, 2.05) is 19.1 Å². The lowest BCUT2D eigenvalue weighted by molar-refractivity contribution is -0.137. The third-order valence-electron chi connectivity index (χ3n) is 3.33. The van der Waals surface area contributed by atoms with Gasteiger partial charge >= 0.3 is 5.97 Å². The second-order valence-corrected chi connectivity index (χ2v) is 5.79. The summed E-state index contributed by atoms with van der Waals surface area (Å²) in [6, 6.07) is 5.72. The summed E-state index contributed by atoms with van der Waals surface area (Å²) in [7, 11) is 0. The maximum atomic E-state index is 10.7. The Balaban J connectivity index is 0.00000441. The summed E-state index contributed by atoms with van der Waals surface area (Å²) in [5, 5.41) is 8.80. The zero-order valence-corrected chi connectivity index (χ0v) is 14.9. The van der Waals surface area contributed by atoms with E-state index in [4.69, 9.17) is 34.0 Å². The number of benzene rings is 1. The molecule has 1 aromatic carbocycles. The Bertz CT molecular complexity index is 466. The predicted octanol–water partition coefficient (Wildman–Crippen LogP) is 3.05. The second kappa shape index (κ2) is 10.9. The molecular weight excluding hydrogens is 347 g/mol. The van der Waals surface area contributed by atoms with E-state index in [1.165, 1.54) is 0 Å². The van der Waals surface area contributed by atoms with Gasteiger partial charge in [0, 0.05) is 36.6 Å². The van der Waals surface area contributed by atoms with Gasteiger partial charge in [-0.2, -0.15) is 0 Å². The van der Waals surface area contributed by atoms with E-state index in [2.05, 4.69) is 11.0 Å². The standard InChI is InChI=1S/C15H22Cl2N2O2.ClH/c1-11-2-3-14(19(6-4-16)7-5-17)9-12(11)8-13(18)10-15(20)21;/h2-3,9,13H,4-8,10,18H2,1H3,(H,20,21);1H. The molecule has 0 aromatic heterocycles. The Morgan fingerprint density at radius 1 is 1.32 bits per heavy atom. The van der Waals surface area contributed by atoms with E-state index in [9.17, 15) is 4.79 Å². The summed E-state index contributed by atoms with van der Waals surface area (Å²) >= 11 is 11.6. The summed E-state index contributed by atoms with van der Waals surface area (Å²) in [6.45, 7) is 3.44. The van der Waals surface area contributed by atoms with Crippen LogP contribution in [0.15, 0.2) is 18.2 Å². The molecule has 0 radical (unpaired) electrons. The van der Waals surface area contributed by atoms with E-state index in [1.54, 1.807) is 0 Å². The molecule has 0 spiro atoms. The molecule has 0 aliphatic heterocycles. The molecule has 0 fully saturated rings. The quantitative estimate of drug-likeness (QED) is 0.657. The molecule has 1 rings (SSSR count). The number of alkyl halides is 2. The molecule has 0 saturated carbocycles. The number of carboxylic acids is 1. The van der Waals surface area contributed by atoms with Crippen molar-refractivity contribution in [1.29, 1.82) is 0 Å². The van der Waals surface area contributed by atoms with Crippen LogP contribution in [-0.4, -0.2) is 42.0 Å². The summed E-state index contributed by atoms with van der Waals surface area (Å²) in [5.74, 6) is 0.180. The molecule has 0 aliphatic rings. The molecule has 0 bridgehead atoms. The fourth-order valence-corrected chi connectivity index (χ4v) is 2.64. The fraction of sp³-hybridized carbons (Fsp3) is 0.533. The minimum absolute atomic E-state index is 0. The maximum absolute atomic E-state index is 10.7. The highest BCUT2D eigenvalue weighted by Crippen LogP contribution is 2.21. The van der Waals surface area contributed by atoms with Crippen LogP contribution in [0.5, 0.6) is 0 Å². The van der Waals surface area contributed by atoms with Gasteiger partial charge in [-0.05, 0) is 36.6 Å². The average molecular weight is 370 g/mol. The van der Waals surface area contributed by atoms with Crippen molar-refractivity contribution in [3.8, 4) is 0 Å². The Hall–Kier alpha value is -0.680. The van der Waals surface area contributed by atoms with Gasteiger partial charge in [-0.25, -0.2) is 0 Å². The molecule has 4 nitrogen and oxygen atoms in total. The van der Waals surface area contributed by atoms with E-state index in [0.29, 0.717) is 18.2 Å². The summed E-state index contributed by atoms with van der Waals surface area (Å²) in [6.07, 6.45) is 0.512. The molecule has 1 aromatic rings. The van der Waals surface area contributed by atoms with Gasteiger partial charge in [-0.1, -0.05) is 6.07 Å². The number of aliphatic carboxylic acids is 1. The van der Waals surface area contributed by atoms with Crippen molar-refractivity contribution in [1.82, 2.24) is 0 Å². The minimum atomic E-state index is -0.873. The third-order valence-corrected chi connectivity index (χ3v) is 3.66. The van der Waals surface area contributed by atoms with Gasteiger partial charge in [0.15, 0.2) is 0 Å². The number of aryl methyl sites for hydroxylation is 1. The van der Waals surface area contributed by atoms with Crippen LogP contribution in [0.2, 0.25) is 0 Å². The van der Waals surface area contributed by atoms with Gasteiger partial charge in [0.25, 0.3) is 0 Å². The van der Waals surface area contributed by atoms with Gasteiger partial charge in [0.1, 0.15) is 0 Å². The largest absolute Gasteiger partial charge is 0.481 e. The van der Waals surface area contributed by atoms with Crippen molar-refractivity contribution in [2.45, 2.75) is 25.8 Å². The summed E-state index contributed by atoms with van der Waals surface area (Å²) in [5.41, 5.74) is 9.10. The zero-order chi connectivity index (χ0) is 15.8.